The Morgan fingerprint density at radius 2 is 2.16 bits per heavy atom. The molecule has 0 radical (unpaired) electrons. The standard InChI is InChI=1S/C13H15BrN2O3/c1-16(7-8-2-3-8)13(19)15-11-5-4-9(14)6-10(11)12(17)18/h4-6,8H,2-3,7H2,1H3,(H,15,19)(H,17,18). The molecule has 0 heterocycles. The first-order valence-corrected chi connectivity index (χ1v) is 6.81. The van der Waals surface area contributed by atoms with Gasteiger partial charge in [-0.1, -0.05) is 15.9 Å². The van der Waals surface area contributed by atoms with Gasteiger partial charge in [0, 0.05) is 18.1 Å². The number of rotatable bonds is 4. The molecule has 0 aliphatic heterocycles. The molecule has 1 saturated carbocycles. The minimum absolute atomic E-state index is 0.0718. The van der Waals surface area contributed by atoms with Crippen LogP contribution < -0.4 is 5.32 Å². The summed E-state index contributed by atoms with van der Waals surface area (Å²) in [6.07, 6.45) is 2.33. The van der Waals surface area contributed by atoms with Gasteiger partial charge in [-0.3, -0.25) is 0 Å². The Morgan fingerprint density at radius 1 is 1.47 bits per heavy atom. The zero-order chi connectivity index (χ0) is 14.0. The van der Waals surface area contributed by atoms with Crippen molar-refractivity contribution in [3.63, 3.8) is 0 Å². The molecule has 0 aromatic heterocycles. The Morgan fingerprint density at radius 3 is 2.74 bits per heavy atom. The Bertz CT molecular complexity index is 515. The number of urea groups is 1. The third-order valence-corrected chi connectivity index (χ3v) is 3.52. The largest absolute Gasteiger partial charge is 0.478 e. The van der Waals surface area contributed by atoms with Crippen LogP contribution in [0.4, 0.5) is 10.5 Å². The SMILES string of the molecule is CN(CC1CC1)C(=O)Nc1ccc(Br)cc1C(=O)O. The van der Waals surface area contributed by atoms with E-state index in [1.54, 1.807) is 24.1 Å². The molecule has 0 bridgehead atoms. The average molecular weight is 327 g/mol. The fourth-order valence-corrected chi connectivity index (χ4v) is 2.14. The van der Waals surface area contributed by atoms with Gasteiger partial charge in [-0.15, -0.1) is 0 Å². The number of amides is 2. The monoisotopic (exact) mass is 326 g/mol. The summed E-state index contributed by atoms with van der Waals surface area (Å²) in [5, 5.41) is 11.7. The lowest BCUT2D eigenvalue weighted by Crippen LogP contribution is -2.33. The van der Waals surface area contributed by atoms with E-state index in [0.717, 1.165) is 12.8 Å². The van der Waals surface area contributed by atoms with Gasteiger partial charge in [-0.2, -0.15) is 0 Å². The van der Waals surface area contributed by atoms with Gasteiger partial charge in [0.25, 0.3) is 0 Å². The number of hydrogen-bond acceptors (Lipinski definition) is 2. The van der Waals surface area contributed by atoms with Gasteiger partial charge in [-0.25, -0.2) is 9.59 Å². The van der Waals surface area contributed by atoms with Gasteiger partial charge in [-0.05, 0) is 37.0 Å². The Labute approximate surface area is 119 Å². The molecule has 5 nitrogen and oxygen atoms in total. The van der Waals surface area contributed by atoms with E-state index in [1.807, 2.05) is 0 Å². The molecule has 1 aromatic carbocycles. The molecule has 2 rings (SSSR count). The van der Waals surface area contributed by atoms with Gasteiger partial charge in [0.1, 0.15) is 0 Å². The highest BCUT2D eigenvalue weighted by atomic mass is 79.9. The molecule has 0 saturated heterocycles. The van der Waals surface area contributed by atoms with Crippen molar-refractivity contribution in [2.75, 3.05) is 18.9 Å². The number of anilines is 1. The van der Waals surface area contributed by atoms with Crippen LogP contribution in [0.5, 0.6) is 0 Å². The second-order valence-electron chi connectivity index (χ2n) is 4.75. The van der Waals surface area contributed by atoms with Crippen molar-refractivity contribution in [1.82, 2.24) is 4.90 Å². The van der Waals surface area contributed by atoms with Crippen LogP contribution in [0, 0.1) is 5.92 Å². The molecule has 0 atom stereocenters. The fourth-order valence-electron chi connectivity index (χ4n) is 1.78. The quantitative estimate of drug-likeness (QED) is 0.893. The predicted molar refractivity (Wildman–Crippen MR) is 75.5 cm³/mol. The van der Waals surface area contributed by atoms with E-state index >= 15 is 0 Å². The van der Waals surface area contributed by atoms with Gasteiger partial charge < -0.3 is 15.3 Å². The molecule has 1 fully saturated rings. The van der Waals surface area contributed by atoms with Gasteiger partial charge in [0.15, 0.2) is 0 Å². The molecule has 0 unspecified atom stereocenters. The molecule has 19 heavy (non-hydrogen) atoms. The normalized spacial score (nSPS) is 14.0. The topological polar surface area (TPSA) is 69.6 Å². The van der Waals surface area contributed by atoms with Crippen LogP contribution in [0.3, 0.4) is 0 Å². The lowest BCUT2D eigenvalue weighted by Gasteiger charge is -2.18. The summed E-state index contributed by atoms with van der Waals surface area (Å²) in [6.45, 7) is 0.713. The summed E-state index contributed by atoms with van der Waals surface area (Å²) in [4.78, 5) is 24.7. The minimum Gasteiger partial charge on any atom is -0.478 e. The second kappa shape index (κ2) is 5.61. The maximum atomic E-state index is 11.9. The van der Waals surface area contributed by atoms with Crippen LogP contribution in [-0.2, 0) is 0 Å². The zero-order valence-corrected chi connectivity index (χ0v) is 12.1. The first kappa shape index (κ1) is 13.9. The number of nitrogens with zero attached hydrogens (tertiary/aromatic N) is 1. The Hall–Kier alpha value is -1.56. The second-order valence-corrected chi connectivity index (χ2v) is 5.66. The molecule has 2 amide bonds. The van der Waals surface area contributed by atoms with Crippen molar-refractivity contribution < 1.29 is 14.7 Å². The smallest absolute Gasteiger partial charge is 0.337 e. The van der Waals surface area contributed by atoms with Crippen LogP contribution in [0.1, 0.15) is 23.2 Å². The van der Waals surface area contributed by atoms with Crippen molar-refractivity contribution in [2.24, 2.45) is 5.92 Å². The molecule has 0 spiro atoms. The highest BCUT2D eigenvalue weighted by molar-refractivity contribution is 9.10. The zero-order valence-electron chi connectivity index (χ0n) is 10.5. The van der Waals surface area contributed by atoms with Crippen molar-refractivity contribution in [3.05, 3.63) is 28.2 Å². The van der Waals surface area contributed by atoms with Crippen molar-refractivity contribution in [2.45, 2.75) is 12.8 Å². The molecule has 1 aromatic rings. The van der Waals surface area contributed by atoms with E-state index in [0.29, 0.717) is 22.6 Å². The number of carboxylic acid groups (broad SMARTS) is 1. The Balaban J connectivity index is 2.08. The highest BCUT2D eigenvalue weighted by Gasteiger charge is 2.25. The Kier molecular flexibility index (Phi) is 4.09. The fraction of sp³-hybridized carbons (Fsp3) is 0.385. The molecule has 6 heteroatoms. The summed E-state index contributed by atoms with van der Waals surface area (Å²) < 4.78 is 0.661. The van der Waals surface area contributed by atoms with Crippen LogP contribution in [0.15, 0.2) is 22.7 Å². The number of halogens is 1. The van der Waals surface area contributed by atoms with Crippen LogP contribution in [0.25, 0.3) is 0 Å². The maximum absolute atomic E-state index is 11.9. The number of hydrogen-bond donors (Lipinski definition) is 2. The highest BCUT2D eigenvalue weighted by Crippen LogP contribution is 2.29. The molecular weight excluding hydrogens is 312 g/mol. The first-order valence-electron chi connectivity index (χ1n) is 6.02. The van der Waals surface area contributed by atoms with E-state index in [1.165, 1.54) is 6.07 Å². The van der Waals surface area contributed by atoms with Crippen molar-refractivity contribution in [3.8, 4) is 0 Å². The van der Waals surface area contributed by atoms with Gasteiger partial charge >= 0.3 is 12.0 Å². The average Bonchev–Trinajstić information content (AvgIpc) is 3.14. The third-order valence-electron chi connectivity index (χ3n) is 3.03. The van der Waals surface area contributed by atoms with E-state index in [4.69, 9.17) is 5.11 Å². The first-order chi connectivity index (χ1) is 8.97. The summed E-state index contributed by atoms with van der Waals surface area (Å²) in [5.41, 5.74) is 0.380. The third kappa shape index (κ3) is 3.70. The summed E-state index contributed by atoms with van der Waals surface area (Å²) in [5.74, 6) is -0.471. The van der Waals surface area contributed by atoms with Crippen molar-refractivity contribution >= 4 is 33.6 Å². The molecule has 2 N–H and O–H groups in total. The summed E-state index contributed by atoms with van der Waals surface area (Å²) >= 11 is 3.21. The number of benzene rings is 1. The van der Waals surface area contributed by atoms with E-state index in [9.17, 15) is 9.59 Å². The number of carboxylic acids is 1. The lowest BCUT2D eigenvalue weighted by molar-refractivity contribution is 0.0698. The van der Waals surface area contributed by atoms with Gasteiger partial charge in [0.05, 0.1) is 11.3 Å². The summed E-state index contributed by atoms with van der Waals surface area (Å²) in [7, 11) is 1.72. The maximum Gasteiger partial charge on any atom is 0.337 e. The molecule has 1 aliphatic carbocycles. The predicted octanol–water partition coefficient (Wildman–Crippen LogP) is 3.02. The number of nitrogens with one attached hydrogen (secondary N) is 1. The molecule has 1 aliphatic rings. The minimum atomic E-state index is -1.07. The summed E-state index contributed by atoms with van der Waals surface area (Å²) in [6, 6.07) is 4.47. The van der Waals surface area contributed by atoms with Gasteiger partial charge in [0.2, 0.25) is 0 Å². The molecule has 102 valence electrons. The number of carbonyl (C=O) groups excluding carboxylic acids is 1. The lowest BCUT2D eigenvalue weighted by atomic mass is 10.2. The van der Waals surface area contributed by atoms with Crippen LogP contribution in [0.2, 0.25) is 0 Å². The van der Waals surface area contributed by atoms with E-state index < -0.39 is 5.97 Å². The number of carbonyl (C=O) groups is 2. The van der Waals surface area contributed by atoms with Crippen LogP contribution in [-0.4, -0.2) is 35.6 Å². The van der Waals surface area contributed by atoms with Crippen molar-refractivity contribution in [1.29, 1.82) is 0 Å². The number of aromatic carboxylic acids is 1. The molecular formula is C13H15BrN2O3. The van der Waals surface area contributed by atoms with E-state index in [2.05, 4.69) is 21.2 Å². The van der Waals surface area contributed by atoms with E-state index in [-0.39, 0.29) is 11.6 Å². The van der Waals surface area contributed by atoms with Crippen LogP contribution >= 0.6 is 15.9 Å².